The fourth-order valence-electron chi connectivity index (χ4n) is 1.50. The Labute approximate surface area is 92.4 Å². The third kappa shape index (κ3) is 4.75. The number of rotatable bonds is 7. The molecule has 0 aliphatic heterocycles. The summed E-state index contributed by atoms with van der Waals surface area (Å²) < 4.78 is 0. The average molecular weight is 204 g/mol. The van der Waals surface area contributed by atoms with Gasteiger partial charge in [0.05, 0.1) is 0 Å². The largest absolute Gasteiger partial charge is 0.311 e. The molecule has 0 amide bonds. The maximum absolute atomic E-state index is 4.10. The summed E-state index contributed by atoms with van der Waals surface area (Å²) in [5.74, 6) is 0. The maximum atomic E-state index is 4.10. The quantitative estimate of drug-likeness (QED) is 0.690. The van der Waals surface area contributed by atoms with Crippen LogP contribution in [-0.4, -0.2) is 17.6 Å². The summed E-state index contributed by atoms with van der Waals surface area (Å²) in [6, 6.07) is 4.52. The van der Waals surface area contributed by atoms with Gasteiger partial charge in [-0.1, -0.05) is 19.1 Å². The molecular formula is C13H20N2. The van der Waals surface area contributed by atoms with E-state index in [0.717, 1.165) is 25.8 Å². The zero-order valence-electron chi connectivity index (χ0n) is 9.45. The van der Waals surface area contributed by atoms with Crippen LogP contribution in [0.3, 0.4) is 0 Å². The predicted molar refractivity (Wildman–Crippen MR) is 64.8 cm³/mol. The van der Waals surface area contributed by atoms with Gasteiger partial charge in [-0.2, -0.15) is 0 Å². The lowest BCUT2D eigenvalue weighted by Crippen LogP contribution is -2.28. The van der Waals surface area contributed by atoms with Crippen molar-refractivity contribution in [1.82, 2.24) is 10.3 Å². The van der Waals surface area contributed by atoms with Gasteiger partial charge in [0, 0.05) is 18.4 Å². The van der Waals surface area contributed by atoms with Crippen molar-refractivity contribution < 1.29 is 0 Å². The molecule has 2 nitrogen and oxygen atoms in total. The molecule has 0 spiro atoms. The van der Waals surface area contributed by atoms with Crippen molar-refractivity contribution in [3.05, 3.63) is 42.7 Å². The highest BCUT2D eigenvalue weighted by molar-refractivity contribution is 5.09. The van der Waals surface area contributed by atoms with E-state index in [9.17, 15) is 0 Å². The molecule has 1 rings (SSSR count). The maximum Gasteiger partial charge on any atom is 0.0299 e. The van der Waals surface area contributed by atoms with Gasteiger partial charge in [0.15, 0.2) is 0 Å². The first-order valence-electron chi connectivity index (χ1n) is 5.61. The molecule has 1 aromatic rings. The Hall–Kier alpha value is -1.15. The van der Waals surface area contributed by atoms with E-state index in [4.69, 9.17) is 0 Å². The van der Waals surface area contributed by atoms with Crippen molar-refractivity contribution in [3.8, 4) is 0 Å². The summed E-state index contributed by atoms with van der Waals surface area (Å²) >= 11 is 0. The molecule has 0 saturated carbocycles. The zero-order valence-corrected chi connectivity index (χ0v) is 9.45. The van der Waals surface area contributed by atoms with Crippen molar-refractivity contribution >= 4 is 0 Å². The Kier molecular flexibility index (Phi) is 5.71. The molecule has 0 fully saturated rings. The average Bonchev–Trinajstić information content (AvgIpc) is 2.31. The highest BCUT2D eigenvalue weighted by Crippen LogP contribution is 2.04. The number of hydrogen-bond acceptors (Lipinski definition) is 2. The van der Waals surface area contributed by atoms with Crippen LogP contribution in [-0.2, 0) is 6.42 Å². The second-order valence-electron chi connectivity index (χ2n) is 3.70. The summed E-state index contributed by atoms with van der Waals surface area (Å²) in [4.78, 5) is 4.10. The molecule has 0 aliphatic rings. The van der Waals surface area contributed by atoms with E-state index < -0.39 is 0 Å². The van der Waals surface area contributed by atoms with Gasteiger partial charge in [-0.25, -0.2) is 0 Å². The third-order valence-electron chi connectivity index (χ3n) is 2.41. The van der Waals surface area contributed by atoms with Gasteiger partial charge < -0.3 is 5.32 Å². The van der Waals surface area contributed by atoms with Gasteiger partial charge in [-0.15, -0.1) is 6.58 Å². The van der Waals surface area contributed by atoms with E-state index in [1.807, 2.05) is 24.5 Å². The zero-order chi connectivity index (χ0) is 10.9. The number of nitrogens with zero attached hydrogens (tertiary/aromatic N) is 1. The Morgan fingerprint density at radius 3 is 3.07 bits per heavy atom. The van der Waals surface area contributed by atoms with E-state index in [1.165, 1.54) is 5.56 Å². The van der Waals surface area contributed by atoms with Crippen molar-refractivity contribution in [2.75, 3.05) is 6.54 Å². The van der Waals surface area contributed by atoms with Crippen LogP contribution < -0.4 is 5.32 Å². The first kappa shape index (κ1) is 11.9. The van der Waals surface area contributed by atoms with Crippen LogP contribution in [0.2, 0.25) is 0 Å². The van der Waals surface area contributed by atoms with Crippen molar-refractivity contribution in [2.24, 2.45) is 0 Å². The van der Waals surface area contributed by atoms with Gasteiger partial charge in [0.1, 0.15) is 0 Å². The van der Waals surface area contributed by atoms with Crippen LogP contribution in [0.4, 0.5) is 0 Å². The van der Waals surface area contributed by atoms with Crippen molar-refractivity contribution in [3.63, 3.8) is 0 Å². The molecule has 1 N–H and O–H groups in total. The molecule has 82 valence electrons. The summed E-state index contributed by atoms with van der Waals surface area (Å²) in [5.41, 5.74) is 1.29. The normalized spacial score (nSPS) is 12.3. The first-order chi connectivity index (χ1) is 7.36. The molecule has 0 radical (unpaired) electrons. The monoisotopic (exact) mass is 204 g/mol. The lowest BCUT2D eigenvalue weighted by atomic mass is 10.1. The third-order valence-corrected chi connectivity index (χ3v) is 2.41. The van der Waals surface area contributed by atoms with Gasteiger partial charge in [-0.3, -0.25) is 4.98 Å². The standard InChI is InChI=1S/C13H20N2/c1-3-9-15-13(4-2)8-7-12-6-5-10-14-11-12/h4-6,10-11,13,15H,2-3,7-9H2,1H3. The Balaban J connectivity index is 2.31. The molecule has 0 bridgehead atoms. The van der Waals surface area contributed by atoms with Gasteiger partial charge in [0.25, 0.3) is 0 Å². The molecule has 1 heterocycles. The fraction of sp³-hybridized carbons (Fsp3) is 0.462. The highest BCUT2D eigenvalue weighted by atomic mass is 14.9. The summed E-state index contributed by atoms with van der Waals surface area (Å²) in [6.45, 7) is 7.08. The number of aromatic nitrogens is 1. The predicted octanol–water partition coefficient (Wildman–Crippen LogP) is 2.57. The fourth-order valence-corrected chi connectivity index (χ4v) is 1.50. The Morgan fingerprint density at radius 1 is 1.60 bits per heavy atom. The van der Waals surface area contributed by atoms with Crippen molar-refractivity contribution in [2.45, 2.75) is 32.2 Å². The number of aryl methyl sites for hydroxylation is 1. The minimum atomic E-state index is 0.421. The molecule has 1 atom stereocenters. The summed E-state index contributed by atoms with van der Waals surface area (Å²) in [5, 5.41) is 3.45. The lowest BCUT2D eigenvalue weighted by molar-refractivity contribution is 0.554. The molecular weight excluding hydrogens is 184 g/mol. The van der Waals surface area contributed by atoms with Crippen LogP contribution in [0, 0.1) is 0 Å². The smallest absolute Gasteiger partial charge is 0.0299 e. The van der Waals surface area contributed by atoms with E-state index in [-0.39, 0.29) is 0 Å². The van der Waals surface area contributed by atoms with Crippen LogP contribution in [0.25, 0.3) is 0 Å². The van der Waals surface area contributed by atoms with E-state index in [1.54, 1.807) is 0 Å². The summed E-state index contributed by atoms with van der Waals surface area (Å²) in [6.07, 6.45) is 9.05. The van der Waals surface area contributed by atoms with E-state index >= 15 is 0 Å². The molecule has 2 heteroatoms. The van der Waals surface area contributed by atoms with E-state index in [0.29, 0.717) is 6.04 Å². The van der Waals surface area contributed by atoms with Crippen LogP contribution in [0.15, 0.2) is 37.2 Å². The molecule has 0 aliphatic carbocycles. The molecule has 15 heavy (non-hydrogen) atoms. The number of pyridine rings is 1. The van der Waals surface area contributed by atoms with Gasteiger partial charge >= 0.3 is 0 Å². The minimum absolute atomic E-state index is 0.421. The number of nitrogens with one attached hydrogen (secondary N) is 1. The van der Waals surface area contributed by atoms with Crippen molar-refractivity contribution in [1.29, 1.82) is 0 Å². The van der Waals surface area contributed by atoms with Gasteiger partial charge in [0.2, 0.25) is 0 Å². The van der Waals surface area contributed by atoms with Crippen LogP contribution in [0.5, 0.6) is 0 Å². The number of hydrogen-bond donors (Lipinski definition) is 1. The van der Waals surface area contributed by atoms with Crippen LogP contribution >= 0.6 is 0 Å². The SMILES string of the molecule is C=CC(CCc1cccnc1)NCCC. The molecule has 0 saturated heterocycles. The Morgan fingerprint density at radius 2 is 2.47 bits per heavy atom. The van der Waals surface area contributed by atoms with Gasteiger partial charge in [-0.05, 0) is 37.4 Å². The molecule has 1 unspecified atom stereocenters. The van der Waals surface area contributed by atoms with Crippen LogP contribution in [0.1, 0.15) is 25.3 Å². The Bertz CT molecular complexity index is 269. The minimum Gasteiger partial charge on any atom is -0.311 e. The molecule has 1 aromatic heterocycles. The second-order valence-corrected chi connectivity index (χ2v) is 3.70. The highest BCUT2D eigenvalue weighted by Gasteiger charge is 2.02. The molecule has 0 aromatic carbocycles. The second kappa shape index (κ2) is 7.18. The lowest BCUT2D eigenvalue weighted by Gasteiger charge is -2.13. The van der Waals surface area contributed by atoms with E-state index in [2.05, 4.69) is 29.9 Å². The topological polar surface area (TPSA) is 24.9 Å². The first-order valence-corrected chi connectivity index (χ1v) is 5.61. The summed E-state index contributed by atoms with van der Waals surface area (Å²) in [7, 11) is 0.